The summed E-state index contributed by atoms with van der Waals surface area (Å²) in [7, 11) is -3.02. The monoisotopic (exact) mass is 338 g/mol. The highest BCUT2D eigenvalue weighted by atomic mass is 32.2. The maximum atomic E-state index is 12.0. The number of sulfone groups is 1. The molecule has 1 aliphatic carbocycles. The molecule has 1 fully saturated rings. The van der Waals surface area contributed by atoms with Gasteiger partial charge in [-0.15, -0.1) is 0 Å². The Labute approximate surface area is 136 Å². The van der Waals surface area contributed by atoms with Gasteiger partial charge in [0.15, 0.2) is 9.84 Å². The van der Waals surface area contributed by atoms with Crippen molar-refractivity contribution >= 4 is 15.9 Å². The van der Waals surface area contributed by atoms with Gasteiger partial charge >= 0.3 is 6.03 Å². The second kappa shape index (κ2) is 6.13. The van der Waals surface area contributed by atoms with E-state index in [-0.39, 0.29) is 24.1 Å². The van der Waals surface area contributed by atoms with Crippen molar-refractivity contribution in [3.05, 3.63) is 35.4 Å². The number of carbonyl (C=O) groups excluding carboxylic acids is 1. The summed E-state index contributed by atoms with van der Waals surface area (Å²) in [5.74, 6) is 0.114. The van der Waals surface area contributed by atoms with Gasteiger partial charge in [-0.3, -0.25) is 0 Å². The third-order valence-electron chi connectivity index (χ3n) is 4.66. The molecular weight excluding hydrogens is 316 g/mol. The number of urea groups is 1. The maximum absolute atomic E-state index is 12.0. The highest BCUT2D eigenvalue weighted by Gasteiger charge is 2.35. The Morgan fingerprint density at radius 2 is 2.13 bits per heavy atom. The van der Waals surface area contributed by atoms with Crippen molar-refractivity contribution in [2.45, 2.75) is 37.3 Å². The molecule has 0 aromatic heterocycles. The Morgan fingerprint density at radius 3 is 2.87 bits per heavy atom. The Morgan fingerprint density at radius 1 is 1.35 bits per heavy atom. The predicted octanol–water partition coefficient (Wildman–Crippen LogP) is 0.697. The van der Waals surface area contributed by atoms with Crippen molar-refractivity contribution in [1.29, 1.82) is 0 Å². The number of benzene rings is 1. The van der Waals surface area contributed by atoms with E-state index >= 15 is 0 Å². The van der Waals surface area contributed by atoms with E-state index in [2.05, 4.69) is 10.6 Å². The lowest BCUT2D eigenvalue weighted by Crippen LogP contribution is -2.48. The Kier molecular flexibility index (Phi) is 4.33. The number of nitrogens with one attached hydrogen (secondary N) is 2. The summed E-state index contributed by atoms with van der Waals surface area (Å²) in [6.07, 6.45) is 2.85. The molecule has 1 aromatic rings. The van der Waals surface area contributed by atoms with Crippen LogP contribution in [0.4, 0.5) is 4.79 Å². The molecule has 1 aromatic carbocycles. The van der Waals surface area contributed by atoms with E-state index in [4.69, 9.17) is 0 Å². The Balaban J connectivity index is 1.59. The number of carbonyl (C=O) groups is 1. The van der Waals surface area contributed by atoms with Crippen LogP contribution in [-0.2, 0) is 21.9 Å². The van der Waals surface area contributed by atoms with Gasteiger partial charge in [-0.1, -0.05) is 24.3 Å². The van der Waals surface area contributed by atoms with E-state index in [9.17, 15) is 18.3 Å². The van der Waals surface area contributed by atoms with Crippen LogP contribution in [0.3, 0.4) is 0 Å². The first kappa shape index (κ1) is 16.3. The van der Waals surface area contributed by atoms with Gasteiger partial charge < -0.3 is 15.7 Å². The molecule has 6 nitrogen and oxygen atoms in total. The molecular formula is C16H22N2O4S. The van der Waals surface area contributed by atoms with Crippen molar-refractivity contribution in [2.75, 3.05) is 18.1 Å². The molecule has 2 amide bonds. The lowest BCUT2D eigenvalue weighted by atomic mass is 9.79. The van der Waals surface area contributed by atoms with Crippen LogP contribution in [0.5, 0.6) is 0 Å². The third kappa shape index (κ3) is 3.67. The molecule has 1 heterocycles. The first-order valence-corrected chi connectivity index (χ1v) is 9.76. The minimum Gasteiger partial charge on any atom is -0.383 e. The fraction of sp³-hybridized carbons (Fsp3) is 0.562. The average molecular weight is 338 g/mol. The number of fused-ring (bicyclic) bond motifs is 1. The third-order valence-corrected chi connectivity index (χ3v) is 6.43. The zero-order valence-electron chi connectivity index (χ0n) is 12.9. The first-order valence-electron chi connectivity index (χ1n) is 7.94. The van der Waals surface area contributed by atoms with E-state index in [0.29, 0.717) is 12.8 Å². The van der Waals surface area contributed by atoms with Crippen molar-refractivity contribution < 1.29 is 18.3 Å². The van der Waals surface area contributed by atoms with E-state index in [1.807, 2.05) is 24.3 Å². The summed E-state index contributed by atoms with van der Waals surface area (Å²) < 4.78 is 22.8. The van der Waals surface area contributed by atoms with E-state index in [1.165, 1.54) is 0 Å². The summed E-state index contributed by atoms with van der Waals surface area (Å²) in [4.78, 5) is 12.0. The summed E-state index contributed by atoms with van der Waals surface area (Å²) in [6.45, 7) is 0.120. The van der Waals surface area contributed by atoms with Gasteiger partial charge in [0.1, 0.15) is 5.60 Å². The summed E-state index contributed by atoms with van der Waals surface area (Å²) in [5.41, 5.74) is 0.925. The smallest absolute Gasteiger partial charge is 0.315 e. The summed E-state index contributed by atoms with van der Waals surface area (Å²) in [5, 5.41) is 16.2. The number of hydrogen-bond acceptors (Lipinski definition) is 4. The van der Waals surface area contributed by atoms with Gasteiger partial charge in [-0.2, -0.15) is 0 Å². The first-order chi connectivity index (χ1) is 10.9. The number of aryl methyl sites for hydroxylation is 1. The molecule has 1 saturated heterocycles. The second-order valence-corrected chi connectivity index (χ2v) is 8.70. The number of aliphatic hydroxyl groups is 1. The van der Waals surface area contributed by atoms with Crippen LogP contribution >= 0.6 is 0 Å². The van der Waals surface area contributed by atoms with Gasteiger partial charge in [0.05, 0.1) is 18.1 Å². The predicted molar refractivity (Wildman–Crippen MR) is 86.9 cm³/mol. The highest BCUT2D eigenvalue weighted by molar-refractivity contribution is 7.91. The summed E-state index contributed by atoms with van der Waals surface area (Å²) in [6, 6.07) is 6.97. The summed E-state index contributed by atoms with van der Waals surface area (Å²) >= 11 is 0. The molecule has 126 valence electrons. The lowest BCUT2D eigenvalue weighted by molar-refractivity contribution is 0.0216. The largest absolute Gasteiger partial charge is 0.383 e. The van der Waals surface area contributed by atoms with Gasteiger partial charge in [-0.25, -0.2) is 13.2 Å². The number of amides is 2. The molecule has 1 aliphatic heterocycles. The molecule has 0 radical (unpaired) electrons. The molecule has 2 atom stereocenters. The van der Waals surface area contributed by atoms with E-state index < -0.39 is 21.5 Å². The lowest BCUT2D eigenvalue weighted by Gasteiger charge is -2.34. The molecule has 3 rings (SSSR count). The van der Waals surface area contributed by atoms with E-state index in [1.54, 1.807) is 0 Å². The van der Waals surface area contributed by atoms with E-state index in [0.717, 1.165) is 24.0 Å². The van der Waals surface area contributed by atoms with Gasteiger partial charge in [0, 0.05) is 6.04 Å². The quantitative estimate of drug-likeness (QED) is 0.756. The zero-order valence-corrected chi connectivity index (χ0v) is 13.7. The fourth-order valence-electron chi connectivity index (χ4n) is 3.45. The van der Waals surface area contributed by atoms with Gasteiger partial charge in [-0.05, 0) is 36.8 Å². The molecule has 23 heavy (non-hydrogen) atoms. The van der Waals surface area contributed by atoms with Gasteiger partial charge in [0.25, 0.3) is 0 Å². The molecule has 0 unspecified atom stereocenters. The minimum absolute atomic E-state index is 0.00643. The van der Waals surface area contributed by atoms with Gasteiger partial charge in [0.2, 0.25) is 0 Å². The van der Waals surface area contributed by atoms with Crippen molar-refractivity contribution in [3.63, 3.8) is 0 Å². The Hall–Kier alpha value is -1.60. The molecule has 0 spiro atoms. The highest BCUT2D eigenvalue weighted by Crippen LogP contribution is 2.34. The van der Waals surface area contributed by atoms with Crippen LogP contribution in [0.25, 0.3) is 0 Å². The average Bonchev–Trinajstić information content (AvgIpc) is 2.85. The molecule has 3 N–H and O–H groups in total. The van der Waals surface area contributed by atoms with Crippen LogP contribution in [0.2, 0.25) is 0 Å². The second-order valence-electron chi connectivity index (χ2n) is 6.47. The molecule has 2 aliphatic rings. The SMILES string of the molecule is O=C(NC[C@]1(O)CCCc2ccccc21)N[C@H]1CCS(=O)(=O)C1. The fourth-order valence-corrected chi connectivity index (χ4v) is 5.13. The molecule has 7 heteroatoms. The van der Waals surface area contributed by atoms with Crippen LogP contribution in [-0.4, -0.2) is 43.6 Å². The van der Waals surface area contributed by atoms with Crippen LogP contribution in [0, 0.1) is 0 Å². The molecule has 0 bridgehead atoms. The molecule has 0 saturated carbocycles. The van der Waals surface area contributed by atoms with Crippen molar-refractivity contribution in [1.82, 2.24) is 10.6 Å². The van der Waals surface area contributed by atoms with Crippen LogP contribution < -0.4 is 10.6 Å². The van der Waals surface area contributed by atoms with Crippen molar-refractivity contribution in [3.8, 4) is 0 Å². The van der Waals surface area contributed by atoms with Crippen LogP contribution in [0.15, 0.2) is 24.3 Å². The maximum Gasteiger partial charge on any atom is 0.315 e. The normalized spacial score (nSPS) is 28.8. The number of hydrogen-bond donors (Lipinski definition) is 3. The topological polar surface area (TPSA) is 95.5 Å². The number of rotatable bonds is 3. The Bertz CT molecular complexity index is 704. The zero-order chi connectivity index (χ0) is 16.5. The minimum atomic E-state index is -3.02. The van der Waals surface area contributed by atoms with Crippen LogP contribution in [0.1, 0.15) is 30.4 Å². The van der Waals surface area contributed by atoms with Crippen molar-refractivity contribution in [2.24, 2.45) is 0 Å². The standard InChI is InChI=1S/C16H22N2O4S/c19-15(18-13-7-9-23(21,22)10-13)17-11-16(20)8-3-5-12-4-1-2-6-14(12)16/h1-2,4,6,13,20H,3,5,7-11H2,(H2,17,18,19)/t13-,16+/m0/s1.